The van der Waals surface area contributed by atoms with E-state index in [1.54, 1.807) is 31.7 Å². The largest absolute Gasteiger partial charge is 0.462 e. The molecule has 2 aromatic rings. The van der Waals surface area contributed by atoms with Crippen molar-refractivity contribution in [2.75, 3.05) is 17.7 Å². The van der Waals surface area contributed by atoms with Crippen LogP contribution in [0.25, 0.3) is 0 Å². The average molecular weight is 356 g/mol. The van der Waals surface area contributed by atoms with Crippen LogP contribution in [0, 0.1) is 6.92 Å². The molecule has 5 nitrogen and oxygen atoms in total. The SMILES string of the molecule is CCOC(=O)c1cnc(C)c(NC(=O)[C@H]2SCCc3ccccc32)c1. The number of carbonyl (C=O) groups excluding carboxylic acids is 2. The van der Waals surface area contributed by atoms with Crippen molar-refractivity contribution >= 4 is 29.3 Å². The first-order valence-corrected chi connectivity index (χ1v) is 9.29. The number of thioether (sulfide) groups is 1. The summed E-state index contributed by atoms with van der Waals surface area (Å²) in [5.74, 6) is 0.376. The Hall–Kier alpha value is -2.34. The summed E-state index contributed by atoms with van der Waals surface area (Å²) < 4.78 is 4.99. The molecule has 0 radical (unpaired) electrons. The Morgan fingerprint density at radius 2 is 2.16 bits per heavy atom. The number of fused-ring (bicyclic) bond motifs is 1. The Morgan fingerprint density at radius 1 is 1.36 bits per heavy atom. The van der Waals surface area contributed by atoms with Crippen LogP contribution < -0.4 is 5.32 Å². The number of anilines is 1. The molecule has 0 saturated heterocycles. The molecule has 0 bridgehead atoms. The lowest BCUT2D eigenvalue weighted by Crippen LogP contribution is -2.23. The predicted octanol–water partition coefficient (Wildman–Crippen LogP) is 3.54. The lowest BCUT2D eigenvalue weighted by atomic mass is 10.0. The molecule has 6 heteroatoms. The van der Waals surface area contributed by atoms with E-state index in [0.29, 0.717) is 23.6 Å². The molecule has 1 aliphatic heterocycles. The van der Waals surface area contributed by atoms with Gasteiger partial charge in [0.1, 0.15) is 5.25 Å². The molecule has 130 valence electrons. The molecule has 1 aliphatic rings. The second-order valence-electron chi connectivity index (χ2n) is 5.77. The molecule has 1 aromatic heterocycles. The molecule has 3 rings (SSSR count). The first-order chi connectivity index (χ1) is 12.1. The Labute approximate surface area is 151 Å². The second kappa shape index (κ2) is 7.70. The van der Waals surface area contributed by atoms with Gasteiger partial charge in [-0.3, -0.25) is 9.78 Å². The van der Waals surface area contributed by atoms with Crippen molar-refractivity contribution in [3.63, 3.8) is 0 Å². The number of carbonyl (C=O) groups is 2. The highest BCUT2D eigenvalue weighted by Crippen LogP contribution is 2.37. The van der Waals surface area contributed by atoms with Crippen molar-refractivity contribution in [2.24, 2.45) is 0 Å². The monoisotopic (exact) mass is 356 g/mol. The van der Waals surface area contributed by atoms with Gasteiger partial charge in [0.15, 0.2) is 0 Å². The minimum atomic E-state index is -0.442. The molecular weight excluding hydrogens is 336 g/mol. The fourth-order valence-corrected chi connectivity index (χ4v) is 3.99. The minimum Gasteiger partial charge on any atom is -0.462 e. The molecule has 1 atom stereocenters. The Morgan fingerprint density at radius 3 is 2.96 bits per heavy atom. The number of aryl methyl sites for hydroxylation is 2. The Bertz CT molecular complexity index is 807. The topological polar surface area (TPSA) is 68.3 Å². The third kappa shape index (κ3) is 3.85. The Kier molecular flexibility index (Phi) is 5.38. The molecule has 0 unspecified atom stereocenters. The van der Waals surface area contributed by atoms with Gasteiger partial charge in [0.05, 0.1) is 23.6 Å². The summed E-state index contributed by atoms with van der Waals surface area (Å²) in [6, 6.07) is 9.66. The van der Waals surface area contributed by atoms with Gasteiger partial charge in [0.2, 0.25) is 5.91 Å². The van der Waals surface area contributed by atoms with E-state index in [4.69, 9.17) is 4.74 Å². The van der Waals surface area contributed by atoms with Gasteiger partial charge in [0, 0.05) is 6.20 Å². The van der Waals surface area contributed by atoms with Crippen molar-refractivity contribution in [1.29, 1.82) is 0 Å². The number of aromatic nitrogens is 1. The third-order valence-corrected chi connectivity index (χ3v) is 5.33. The molecule has 0 saturated carbocycles. The lowest BCUT2D eigenvalue weighted by molar-refractivity contribution is -0.115. The predicted molar refractivity (Wildman–Crippen MR) is 98.9 cm³/mol. The van der Waals surface area contributed by atoms with E-state index < -0.39 is 5.97 Å². The summed E-state index contributed by atoms with van der Waals surface area (Å²) in [7, 11) is 0. The number of ether oxygens (including phenoxy) is 1. The van der Waals surface area contributed by atoms with Gasteiger partial charge >= 0.3 is 5.97 Å². The van der Waals surface area contributed by atoms with Gasteiger partial charge in [-0.05, 0) is 43.2 Å². The zero-order valence-corrected chi connectivity index (χ0v) is 15.1. The smallest absolute Gasteiger partial charge is 0.339 e. The molecule has 1 aromatic carbocycles. The highest BCUT2D eigenvalue weighted by atomic mass is 32.2. The van der Waals surface area contributed by atoms with Crippen LogP contribution in [0.3, 0.4) is 0 Å². The molecular formula is C19H20N2O3S. The molecule has 25 heavy (non-hydrogen) atoms. The summed E-state index contributed by atoms with van der Waals surface area (Å²) in [4.78, 5) is 28.9. The molecule has 1 amide bonds. The van der Waals surface area contributed by atoms with Crippen LogP contribution in [0.2, 0.25) is 0 Å². The van der Waals surface area contributed by atoms with E-state index in [-0.39, 0.29) is 11.2 Å². The van der Waals surface area contributed by atoms with Crippen molar-refractivity contribution in [2.45, 2.75) is 25.5 Å². The zero-order valence-electron chi connectivity index (χ0n) is 14.2. The highest BCUT2D eigenvalue weighted by molar-refractivity contribution is 8.00. The highest BCUT2D eigenvalue weighted by Gasteiger charge is 2.27. The molecule has 2 heterocycles. The van der Waals surface area contributed by atoms with Crippen LogP contribution in [0.15, 0.2) is 36.5 Å². The van der Waals surface area contributed by atoms with Crippen molar-refractivity contribution in [3.05, 3.63) is 58.9 Å². The number of nitrogens with one attached hydrogen (secondary N) is 1. The van der Waals surface area contributed by atoms with Crippen LogP contribution in [0.5, 0.6) is 0 Å². The maximum atomic E-state index is 12.8. The van der Waals surface area contributed by atoms with Crippen molar-refractivity contribution in [3.8, 4) is 0 Å². The van der Waals surface area contributed by atoms with Gasteiger partial charge in [-0.25, -0.2) is 4.79 Å². The fourth-order valence-electron chi connectivity index (χ4n) is 2.80. The summed E-state index contributed by atoms with van der Waals surface area (Å²) in [6.07, 6.45) is 2.44. The van der Waals surface area contributed by atoms with E-state index in [2.05, 4.69) is 16.4 Å². The summed E-state index contributed by atoms with van der Waals surface area (Å²) in [5.41, 5.74) is 3.81. The second-order valence-corrected chi connectivity index (χ2v) is 6.98. The standard InChI is InChI=1S/C19H20N2O3S/c1-3-24-19(23)14-10-16(12(2)20-11-14)21-18(22)17-15-7-5-4-6-13(15)8-9-25-17/h4-7,10-11,17H,3,8-9H2,1-2H3,(H,21,22)/t17-/m0/s1. The van der Waals surface area contributed by atoms with E-state index in [1.807, 2.05) is 18.2 Å². The average Bonchev–Trinajstić information content (AvgIpc) is 2.63. The number of pyridine rings is 1. The van der Waals surface area contributed by atoms with Crippen LogP contribution >= 0.6 is 11.8 Å². The number of rotatable bonds is 4. The quantitative estimate of drug-likeness (QED) is 0.849. The third-order valence-electron chi connectivity index (χ3n) is 4.09. The van der Waals surface area contributed by atoms with Crippen LogP contribution in [-0.4, -0.2) is 29.2 Å². The number of hydrogen-bond donors (Lipinski definition) is 1. The normalized spacial score (nSPS) is 16.0. The van der Waals surface area contributed by atoms with E-state index in [9.17, 15) is 9.59 Å². The first-order valence-electron chi connectivity index (χ1n) is 8.24. The number of nitrogens with zero attached hydrogens (tertiary/aromatic N) is 1. The van der Waals surface area contributed by atoms with Crippen molar-refractivity contribution < 1.29 is 14.3 Å². The zero-order chi connectivity index (χ0) is 17.8. The van der Waals surface area contributed by atoms with Crippen LogP contribution in [0.4, 0.5) is 5.69 Å². The number of benzene rings is 1. The van der Waals surface area contributed by atoms with Gasteiger partial charge in [0.25, 0.3) is 0 Å². The lowest BCUT2D eigenvalue weighted by Gasteiger charge is -2.24. The maximum Gasteiger partial charge on any atom is 0.339 e. The Balaban J connectivity index is 1.82. The van der Waals surface area contributed by atoms with E-state index in [0.717, 1.165) is 17.7 Å². The number of hydrogen-bond acceptors (Lipinski definition) is 5. The summed E-state index contributed by atoms with van der Waals surface area (Å²) in [5, 5.41) is 2.67. The van der Waals surface area contributed by atoms with Crippen molar-refractivity contribution in [1.82, 2.24) is 4.98 Å². The molecule has 0 fully saturated rings. The first kappa shape index (κ1) is 17.5. The van der Waals surface area contributed by atoms with Gasteiger partial charge < -0.3 is 10.1 Å². The number of amides is 1. The fraction of sp³-hybridized carbons (Fsp3) is 0.316. The summed E-state index contributed by atoms with van der Waals surface area (Å²) in [6.45, 7) is 3.84. The van der Waals surface area contributed by atoms with E-state index in [1.165, 1.54) is 11.8 Å². The minimum absolute atomic E-state index is 0.0944. The van der Waals surface area contributed by atoms with Gasteiger partial charge in [-0.1, -0.05) is 24.3 Å². The van der Waals surface area contributed by atoms with Crippen LogP contribution in [-0.2, 0) is 16.0 Å². The maximum absolute atomic E-state index is 12.8. The summed E-state index contributed by atoms with van der Waals surface area (Å²) >= 11 is 1.63. The molecule has 0 spiro atoms. The van der Waals surface area contributed by atoms with E-state index >= 15 is 0 Å². The van der Waals surface area contributed by atoms with Crippen LogP contribution in [0.1, 0.15) is 39.4 Å². The van der Waals surface area contributed by atoms with Gasteiger partial charge in [-0.2, -0.15) is 0 Å². The van der Waals surface area contributed by atoms with Gasteiger partial charge in [-0.15, -0.1) is 11.8 Å². The number of esters is 1. The molecule has 1 N–H and O–H groups in total. The molecule has 0 aliphatic carbocycles.